The Bertz CT molecular complexity index is 931. The molecule has 6 fully saturated rings. The van der Waals surface area contributed by atoms with Gasteiger partial charge in [-0.2, -0.15) is 0 Å². The number of benzene rings is 1. The Labute approximate surface area is 164 Å². The van der Waals surface area contributed by atoms with Crippen molar-refractivity contribution in [2.24, 2.45) is 11.3 Å². The van der Waals surface area contributed by atoms with Gasteiger partial charge in [-0.1, -0.05) is 29.8 Å². The highest BCUT2D eigenvalue weighted by Gasteiger charge is 2.89. The van der Waals surface area contributed by atoms with Gasteiger partial charge in [-0.05, 0) is 31.4 Å². The van der Waals surface area contributed by atoms with E-state index in [4.69, 9.17) is 9.47 Å². The minimum absolute atomic E-state index is 0.0864. The van der Waals surface area contributed by atoms with E-state index in [1.165, 1.54) is 12.7 Å². The van der Waals surface area contributed by atoms with Crippen LogP contribution in [0.4, 0.5) is 5.69 Å². The first-order valence-electron chi connectivity index (χ1n) is 10.2. The van der Waals surface area contributed by atoms with Crippen molar-refractivity contribution < 1.29 is 19.4 Å². The average molecular weight is 382 g/mol. The topological polar surface area (TPSA) is 62.2 Å². The summed E-state index contributed by atoms with van der Waals surface area (Å²) in [6, 6.07) is 8.37. The predicted octanol–water partition coefficient (Wildman–Crippen LogP) is 1.63. The number of carbonyl (C=O) groups is 1. The number of rotatable bonds is 1. The third-order valence-electron chi connectivity index (χ3n) is 8.66. The zero-order valence-electron chi connectivity index (χ0n) is 16.5. The smallest absolute Gasteiger partial charge is 0.318 e. The van der Waals surface area contributed by atoms with Gasteiger partial charge in [0.15, 0.2) is 6.29 Å². The summed E-state index contributed by atoms with van der Waals surface area (Å²) in [4.78, 5) is 18.5. The Balaban J connectivity index is 1.80. The van der Waals surface area contributed by atoms with Crippen molar-refractivity contribution in [2.75, 3.05) is 32.1 Å². The Morgan fingerprint density at radius 1 is 1.39 bits per heavy atom. The molecule has 6 bridgehead atoms. The molecule has 28 heavy (non-hydrogen) atoms. The second-order valence-electron chi connectivity index (χ2n) is 8.87. The van der Waals surface area contributed by atoms with Crippen LogP contribution in [0.25, 0.3) is 0 Å². The molecule has 6 nitrogen and oxygen atoms in total. The Hall–Kier alpha value is -1.89. The fourth-order valence-corrected chi connectivity index (χ4v) is 8.01. The normalized spacial score (nSPS) is 48.6. The molecule has 6 heterocycles. The number of aliphatic hydroxyl groups is 1. The third-order valence-corrected chi connectivity index (χ3v) is 8.66. The van der Waals surface area contributed by atoms with Crippen LogP contribution in [0.15, 0.2) is 35.9 Å². The van der Waals surface area contributed by atoms with Crippen molar-refractivity contribution in [2.45, 2.75) is 43.2 Å². The van der Waals surface area contributed by atoms with Gasteiger partial charge in [0.05, 0.1) is 18.6 Å². The fourth-order valence-electron chi connectivity index (χ4n) is 8.01. The summed E-state index contributed by atoms with van der Waals surface area (Å²) in [6.07, 6.45) is 2.33. The van der Waals surface area contributed by atoms with Crippen LogP contribution in [0, 0.1) is 11.3 Å². The molecule has 6 aliphatic heterocycles. The van der Waals surface area contributed by atoms with Crippen molar-refractivity contribution in [1.29, 1.82) is 0 Å². The number of allylic oxidation sites excluding steroid dienone is 1. The maximum Gasteiger partial charge on any atom is 0.318 e. The molecule has 1 spiro atoms. The van der Waals surface area contributed by atoms with Crippen LogP contribution in [0.5, 0.6) is 0 Å². The van der Waals surface area contributed by atoms with E-state index in [0.29, 0.717) is 0 Å². The molecule has 1 aromatic rings. The number of hydrogen-bond donors (Lipinski definition) is 1. The van der Waals surface area contributed by atoms with Crippen LogP contribution in [-0.2, 0) is 19.7 Å². The lowest BCUT2D eigenvalue weighted by molar-refractivity contribution is -0.331. The number of carbonyl (C=O) groups excluding carboxylic acids is 1. The molecule has 0 aromatic heterocycles. The molecule has 1 saturated carbocycles. The van der Waals surface area contributed by atoms with Gasteiger partial charge in [-0.25, -0.2) is 0 Å². The molecule has 1 aliphatic carbocycles. The monoisotopic (exact) mass is 382 g/mol. The largest absolute Gasteiger partial charge is 0.468 e. The molecule has 5 saturated heterocycles. The molecule has 6 heteroatoms. The number of aliphatic hydroxyl groups excluding tert-OH is 1. The molecular weight excluding hydrogens is 356 g/mol. The van der Waals surface area contributed by atoms with E-state index in [9.17, 15) is 9.90 Å². The highest BCUT2D eigenvalue weighted by atomic mass is 16.6. The van der Waals surface area contributed by atoms with E-state index >= 15 is 0 Å². The summed E-state index contributed by atoms with van der Waals surface area (Å²) in [5, 5.41) is 11.4. The average Bonchev–Trinajstić information content (AvgIpc) is 3.11. The molecule has 0 amide bonds. The van der Waals surface area contributed by atoms with Gasteiger partial charge in [0.1, 0.15) is 11.1 Å². The molecule has 1 aromatic carbocycles. The predicted molar refractivity (Wildman–Crippen MR) is 103 cm³/mol. The van der Waals surface area contributed by atoms with E-state index in [0.717, 1.165) is 37.2 Å². The summed E-state index contributed by atoms with van der Waals surface area (Å²) < 4.78 is 11.7. The number of para-hydroxylation sites is 1. The maximum absolute atomic E-state index is 13.7. The number of methoxy groups -OCH3 is 1. The number of likely N-dealkylation sites (N-methyl/N-ethyl adjacent to an activating group) is 1. The van der Waals surface area contributed by atoms with Crippen molar-refractivity contribution in [3.63, 3.8) is 0 Å². The van der Waals surface area contributed by atoms with Crippen molar-refractivity contribution in [3.8, 4) is 0 Å². The molecule has 1 N–H and O–H groups in total. The first kappa shape index (κ1) is 17.0. The van der Waals surface area contributed by atoms with E-state index in [-0.39, 0.29) is 18.0 Å². The van der Waals surface area contributed by atoms with Gasteiger partial charge >= 0.3 is 5.97 Å². The SMILES string of the molecule is C/C=C1/CN2CC[C@@]34c5ccccc5N(C)C23[C@H]2C[C@@H]1[C@]4(C(=O)OC)C(O)O2. The molecule has 148 valence electrons. The number of fused-ring (bicyclic) bond motifs is 3. The zero-order chi connectivity index (χ0) is 19.5. The van der Waals surface area contributed by atoms with Crippen LogP contribution in [-0.4, -0.2) is 61.3 Å². The Morgan fingerprint density at radius 2 is 2.18 bits per heavy atom. The minimum atomic E-state index is -1.18. The second-order valence-corrected chi connectivity index (χ2v) is 8.87. The lowest BCUT2D eigenvalue weighted by Crippen LogP contribution is -2.83. The van der Waals surface area contributed by atoms with Gasteiger partial charge in [0.2, 0.25) is 0 Å². The van der Waals surface area contributed by atoms with Crippen molar-refractivity contribution in [3.05, 3.63) is 41.5 Å². The number of esters is 1. The van der Waals surface area contributed by atoms with Gasteiger partial charge in [0, 0.05) is 31.7 Å². The maximum atomic E-state index is 13.7. The first-order valence-corrected chi connectivity index (χ1v) is 10.2. The lowest BCUT2D eigenvalue weighted by Gasteiger charge is -2.67. The molecule has 3 unspecified atom stereocenters. The van der Waals surface area contributed by atoms with Crippen LogP contribution in [0.2, 0.25) is 0 Å². The lowest BCUT2D eigenvalue weighted by atomic mass is 9.43. The fraction of sp³-hybridized carbons (Fsp3) is 0.591. The van der Waals surface area contributed by atoms with Crippen LogP contribution in [0.1, 0.15) is 25.3 Å². The highest BCUT2D eigenvalue weighted by Crippen LogP contribution is 2.77. The van der Waals surface area contributed by atoms with Crippen LogP contribution in [0.3, 0.4) is 0 Å². The number of nitrogens with zero attached hydrogens (tertiary/aromatic N) is 2. The summed E-state index contributed by atoms with van der Waals surface area (Å²) in [7, 11) is 3.56. The minimum Gasteiger partial charge on any atom is -0.468 e. The Morgan fingerprint density at radius 3 is 2.93 bits per heavy atom. The molecule has 7 aliphatic rings. The zero-order valence-corrected chi connectivity index (χ0v) is 16.5. The van der Waals surface area contributed by atoms with E-state index < -0.39 is 22.8 Å². The summed E-state index contributed by atoms with van der Waals surface area (Å²) >= 11 is 0. The summed E-state index contributed by atoms with van der Waals surface area (Å²) in [5.74, 6) is -0.433. The van der Waals surface area contributed by atoms with Crippen LogP contribution < -0.4 is 4.90 Å². The van der Waals surface area contributed by atoms with Gasteiger partial charge < -0.3 is 19.5 Å². The quantitative estimate of drug-likeness (QED) is 0.589. The third kappa shape index (κ3) is 1.31. The number of ether oxygens (including phenoxy) is 2. The van der Waals surface area contributed by atoms with E-state index in [1.807, 2.05) is 19.1 Å². The van der Waals surface area contributed by atoms with Crippen LogP contribution >= 0.6 is 0 Å². The first-order chi connectivity index (χ1) is 13.5. The van der Waals surface area contributed by atoms with Gasteiger partial charge in [0.25, 0.3) is 0 Å². The molecular formula is C22H26N2O4. The second kappa shape index (κ2) is 4.99. The van der Waals surface area contributed by atoms with E-state index in [2.05, 4.69) is 35.1 Å². The van der Waals surface area contributed by atoms with Crippen molar-refractivity contribution in [1.82, 2.24) is 4.90 Å². The standard InChI is InChI=1S/C22H26N2O4/c1-4-13-12-24-10-9-20-14-7-5-6-8-16(14)23(2)22(20,24)17-11-15(13)21(20,18(25)27-3)19(26)28-17/h4-8,15,17,19,26H,9-12H2,1-3H3/b13-4-/t15-,17+,19?,20-,21-,22?/m0/s1. The van der Waals surface area contributed by atoms with E-state index in [1.54, 1.807) is 0 Å². The summed E-state index contributed by atoms with van der Waals surface area (Å²) in [6.45, 7) is 3.71. The van der Waals surface area contributed by atoms with Gasteiger partial charge in [-0.15, -0.1) is 0 Å². The highest BCUT2D eigenvalue weighted by molar-refractivity contribution is 5.87. The molecule has 7 atom stereocenters. The van der Waals surface area contributed by atoms with Crippen molar-refractivity contribution >= 4 is 11.7 Å². The number of hydrogen-bond acceptors (Lipinski definition) is 6. The molecule has 0 radical (unpaired) electrons. The molecule has 8 rings (SSSR count). The number of anilines is 1. The van der Waals surface area contributed by atoms with Gasteiger partial charge in [-0.3, -0.25) is 9.69 Å². The Kier molecular flexibility index (Phi) is 3.03. The summed E-state index contributed by atoms with van der Waals surface area (Å²) in [5.41, 5.74) is 1.31.